The van der Waals surface area contributed by atoms with Crippen LogP contribution in [0.1, 0.15) is 49.1 Å². The Balaban J connectivity index is 1.79. The zero-order chi connectivity index (χ0) is 14.2. The molecule has 0 amide bonds. The third-order valence-corrected chi connectivity index (χ3v) is 4.46. The molecule has 2 aliphatic rings. The quantitative estimate of drug-likeness (QED) is 0.911. The molecule has 1 heterocycles. The fraction of sp³-hybridized carbons (Fsp3) is 0.667. The second kappa shape index (κ2) is 5.35. The van der Waals surface area contributed by atoms with Crippen LogP contribution in [-0.2, 0) is 6.18 Å². The SMILES string of the molecule is FC(F)(F)c1ccncc1C1CCCC1CNC1CC1. The molecule has 2 nitrogen and oxygen atoms in total. The van der Waals surface area contributed by atoms with Gasteiger partial charge in [0.2, 0.25) is 0 Å². The van der Waals surface area contributed by atoms with Crippen molar-refractivity contribution in [3.05, 3.63) is 29.6 Å². The number of hydrogen-bond donors (Lipinski definition) is 1. The van der Waals surface area contributed by atoms with Crippen LogP contribution in [0.2, 0.25) is 0 Å². The maximum Gasteiger partial charge on any atom is 0.416 e. The number of aromatic nitrogens is 1. The Morgan fingerprint density at radius 3 is 2.70 bits per heavy atom. The van der Waals surface area contributed by atoms with Gasteiger partial charge in [0.15, 0.2) is 0 Å². The first-order valence-corrected chi connectivity index (χ1v) is 7.30. The molecular formula is C15H19F3N2. The van der Waals surface area contributed by atoms with Crippen LogP contribution in [0.3, 0.4) is 0 Å². The second-order valence-electron chi connectivity index (χ2n) is 5.94. The molecule has 0 spiro atoms. The maximum absolute atomic E-state index is 13.1. The van der Waals surface area contributed by atoms with Crippen LogP contribution in [0.25, 0.3) is 0 Å². The first-order chi connectivity index (χ1) is 9.55. The highest BCUT2D eigenvalue weighted by Crippen LogP contribution is 2.44. The van der Waals surface area contributed by atoms with Crippen molar-refractivity contribution in [2.24, 2.45) is 5.92 Å². The summed E-state index contributed by atoms with van der Waals surface area (Å²) in [7, 11) is 0. The number of nitrogens with zero attached hydrogens (tertiary/aromatic N) is 1. The molecule has 1 aromatic rings. The van der Waals surface area contributed by atoms with Crippen LogP contribution < -0.4 is 5.32 Å². The van der Waals surface area contributed by atoms with Gasteiger partial charge in [0.25, 0.3) is 0 Å². The molecule has 1 aromatic heterocycles. The smallest absolute Gasteiger partial charge is 0.314 e. The van der Waals surface area contributed by atoms with Crippen molar-refractivity contribution in [2.45, 2.75) is 50.2 Å². The van der Waals surface area contributed by atoms with Crippen LogP contribution in [0.4, 0.5) is 13.2 Å². The molecular weight excluding hydrogens is 265 g/mol. The van der Waals surface area contributed by atoms with E-state index in [1.54, 1.807) is 0 Å². The maximum atomic E-state index is 13.1. The number of halogens is 3. The number of nitrogens with one attached hydrogen (secondary N) is 1. The minimum atomic E-state index is -4.28. The molecule has 2 unspecified atom stereocenters. The topological polar surface area (TPSA) is 24.9 Å². The van der Waals surface area contributed by atoms with Crippen LogP contribution >= 0.6 is 0 Å². The van der Waals surface area contributed by atoms with Crippen molar-refractivity contribution in [3.63, 3.8) is 0 Å². The molecule has 20 heavy (non-hydrogen) atoms. The summed E-state index contributed by atoms with van der Waals surface area (Å²) in [6.07, 6.45) is 3.64. The predicted octanol–water partition coefficient (Wildman–Crippen LogP) is 3.74. The van der Waals surface area contributed by atoms with Gasteiger partial charge >= 0.3 is 6.18 Å². The molecule has 1 N–H and O–H groups in total. The molecule has 110 valence electrons. The average Bonchev–Trinajstić information content (AvgIpc) is 3.12. The lowest BCUT2D eigenvalue weighted by Gasteiger charge is -2.23. The van der Waals surface area contributed by atoms with Gasteiger partial charge in [0.1, 0.15) is 0 Å². The van der Waals surface area contributed by atoms with Crippen LogP contribution in [0, 0.1) is 5.92 Å². The van der Waals surface area contributed by atoms with Crippen molar-refractivity contribution < 1.29 is 13.2 Å². The van der Waals surface area contributed by atoms with E-state index >= 15 is 0 Å². The Labute approximate surface area is 116 Å². The van der Waals surface area contributed by atoms with Gasteiger partial charge in [0, 0.05) is 18.4 Å². The zero-order valence-corrected chi connectivity index (χ0v) is 11.3. The summed E-state index contributed by atoms with van der Waals surface area (Å²) in [5.41, 5.74) is -0.115. The van der Waals surface area contributed by atoms with E-state index in [9.17, 15) is 13.2 Å². The molecule has 5 heteroatoms. The highest BCUT2D eigenvalue weighted by Gasteiger charge is 2.39. The summed E-state index contributed by atoms with van der Waals surface area (Å²) in [5.74, 6) is 0.299. The van der Waals surface area contributed by atoms with Crippen LogP contribution in [0.5, 0.6) is 0 Å². The van der Waals surface area contributed by atoms with Crippen LogP contribution in [-0.4, -0.2) is 17.6 Å². The highest BCUT2D eigenvalue weighted by molar-refractivity contribution is 5.31. The Bertz CT molecular complexity index is 468. The molecule has 0 bridgehead atoms. The Kier molecular flexibility index (Phi) is 3.71. The van der Waals surface area contributed by atoms with Crippen molar-refractivity contribution in [1.82, 2.24) is 10.3 Å². The number of pyridine rings is 1. The summed E-state index contributed by atoms with van der Waals surface area (Å²) in [6, 6.07) is 1.71. The van der Waals surface area contributed by atoms with E-state index in [1.807, 2.05) is 0 Å². The van der Waals surface area contributed by atoms with E-state index in [1.165, 1.54) is 25.2 Å². The van der Waals surface area contributed by atoms with Gasteiger partial charge in [-0.3, -0.25) is 4.98 Å². The minimum Gasteiger partial charge on any atom is -0.314 e. The molecule has 0 aliphatic heterocycles. The number of alkyl halides is 3. The van der Waals surface area contributed by atoms with E-state index in [4.69, 9.17) is 0 Å². The van der Waals surface area contributed by atoms with E-state index in [2.05, 4.69) is 10.3 Å². The first kappa shape index (κ1) is 13.9. The van der Waals surface area contributed by atoms with Gasteiger partial charge in [0.05, 0.1) is 5.56 Å². The monoisotopic (exact) mass is 284 g/mol. The summed E-state index contributed by atoms with van der Waals surface area (Å²) >= 11 is 0. The van der Waals surface area contributed by atoms with Gasteiger partial charge in [-0.05, 0) is 55.7 Å². The lowest BCUT2D eigenvalue weighted by molar-refractivity contribution is -0.138. The molecule has 2 saturated carbocycles. The second-order valence-corrected chi connectivity index (χ2v) is 5.94. The molecule has 0 radical (unpaired) electrons. The van der Waals surface area contributed by atoms with E-state index in [0.29, 0.717) is 17.5 Å². The fourth-order valence-corrected chi connectivity index (χ4v) is 3.26. The summed E-state index contributed by atoms with van der Waals surface area (Å²) in [6.45, 7) is 0.835. The summed E-state index contributed by atoms with van der Waals surface area (Å²) in [4.78, 5) is 3.93. The standard InChI is InChI=1S/C15H19F3N2/c16-15(17,18)14-6-7-19-9-13(14)12-3-1-2-10(12)8-20-11-4-5-11/h6-7,9-12,20H,1-5,8H2. The third-order valence-electron chi connectivity index (χ3n) is 4.46. The fourth-order valence-electron chi connectivity index (χ4n) is 3.26. The Morgan fingerprint density at radius 2 is 2.00 bits per heavy atom. The van der Waals surface area contributed by atoms with Crippen molar-refractivity contribution >= 4 is 0 Å². The van der Waals surface area contributed by atoms with Gasteiger partial charge in [-0.25, -0.2) is 0 Å². The average molecular weight is 284 g/mol. The number of hydrogen-bond acceptors (Lipinski definition) is 2. The molecule has 2 fully saturated rings. The minimum absolute atomic E-state index is 0.00780. The molecule has 0 saturated heterocycles. The summed E-state index contributed by atoms with van der Waals surface area (Å²) < 4.78 is 39.3. The van der Waals surface area contributed by atoms with Crippen molar-refractivity contribution in [1.29, 1.82) is 0 Å². The van der Waals surface area contributed by atoms with E-state index < -0.39 is 11.7 Å². The molecule has 2 aliphatic carbocycles. The highest BCUT2D eigenvalue weighted by atomic mass is 19.4. The normalized spacial score (nSPS) is 26.9. The third kappa shape index (κ3) is 2.97. The zero-order valence-electron chi connectivity index (χ0n) is 11.3. The van der Waals surface area contributed by atoms with Crippen LogP contribution in [0.15, 0.2) is 18.5 Å². The largest absolute Gasteiger partial charge is 0.416 e. The van der Waals surface area contributed by atoms with Gasteiger partial charge < -0.3 is 5.32 Å². The Hall–Kier alpha value is -1.10. The van der Waals surface area contributed by atoms with Crippen molar-refractivity contribution in [3.8, 4) is 0 Å². The number of rotatable bonds is 4. The van der Waals surface area contributed by atoms with Crippen molar-refractivity contribution in [2.75, 3.05) is 6.54 Å². The Morgan fingerprint density at radius 1 is 1.20 bits per heavy atom. The van der Waals surface area contributed by atoms with E-state index in [-0.39, 0.29) is 5.92 Å². The lowest BCUT2D eigenvalue weighted by atomic mass is 9.87. The molecule has 3 rings (SSSR count). The molecule has 2 atom stereocenters. The van der Waals surface area contributed by atoms with Gasteiger partial charge in [-0.1, -0.05) is 6.42 Å². The van der Waals surface area contributed by atoms with Gasteiger partial charge in [-0.15, -0.1) is 0 Å². The first-order valence-electron chi connectivity index (χ1n) is 7.30. The molecule has 0 aromatic carbocycles. The van der Waals surface area contributed by atoms with E-state index in [0.717, 1.165) is 31.9 Å². The lowest BCUT2D eigenvalue weighted by Crippen LogP contribution is -2.27. The predicted molar refractivity (Wildman–Crippen MR) is 70.3 cm³/mol. The van der Waals surface area contributed by atoms with Gasteiger partial charge in [-0.2, -0.15) is 13.2 Å². The summed E-state index contributed by atoms with van der Waals surface area (Å²) in [5, 5.41) is 3.45.